The molecular weight excluding hydrogens is 190 g/mol. The second-order valence-electron chi connectivity index (χ2n) is 4.30. The van der Waals surface area contributed by atoms with Gasteiger partial charge in [-0.3, -0.25) is 0 Å². The first kappa shape index (κ1) is 10.4. The molecule has 1 N–H and O–H groups in total. The van der Waals surface area contributed by atoms with E-state index in [2.05, 4.69) is 21.8 Å². The summed E-state index contributed by atoms with van der Waals surface area (Å²) in [5.74, 6) is 1.29. The van der Waals surface area contributed by atoms with Gasteiger partial charge in [0.1, 0.15) is 12.1 Å². The van der Waals surface area contributed by atoms with Gasteiger partial charge in [0.05, 0.1) is 6.10 Å². The minimum atomic E-state index is -0.163. The van der Waals surface area contributed by atoms with Crippen LogP contribution in [0.25, 0.3) is 0 Å². The molecule has 0 radical (unpaired) electrons. The average molecular weight is 207 g/mol. The quantitative estimate of drug-likeness (QED) is 0.746. The molecule has 1 aromatic rings. The van der Waals surface area contributed by atoms with Gasteiger partial charge in [-0.05, 0) is 19.3 Å². The fourth-order valence-corrected chi connectivity index (χ4v) is 1.95. The summed E-state index contributed by atoms with van der Waals surface area (Å²) in [5, 5.41) is 9.64. The molecule has 1 aromatic heterocycles. The summed E-state index contributed by atoms with van der Waals surface area (Å²) < 4.78 is 0. The first-order chi connectivity index (χ1) is 7.16. The summed E-state index contributed by atoms with van der Waals surface area (Å²) in [6.45, 7) is 5.79. The molecule has 0 saturated carbocycles. The van der Waals surface area contributed by atoms with Gasteiger partial charge in [0.15, 0.2) is 0 Å². The molecule has 1 aliphatic rings. The summed E-state index contributed by atoms with van der Waals surface area (Å²) in [5.41, 5.74) is 0.985. The van der Waals surface area contributed by atoms with E-state index in [1.54, 1.807) is 6.33 Å². The first-order valence-corrected chi connectivity index (χ1v) is 5.38. The molecule has 4 heteroatoms. The average Bonchev–Trinajstić information content (AvgIpc) is 2.22. The monoisotopic (exact) mass is 207 g/mol. The Hall–Kier alpha value is -1.16. The van der Waals surface area contributed by atoms with E-state index in [9.17, 15) is 5.11 Å². The van der Waals surface area contributed by atoms with Crippen molar-refractivity contribution < 1.29 is 5.11 Å². The Balaban J connectivity index is 2.12. The van der Waals surface area contributed by atoms with E-state index in [0.717, 1.165) is 31.0 Å². The fourth-order valence-electron chi connectivity index (χ4n) is 1.95. The molecule has 15 heavy (non-hydrogen) atoms. The van der Waals surface area contributed by atoms with Gasteiger partial charge >= 0.3 is 0 Å². The van der Waals surface area contributed by atoms with Crippen LogP contribution in [0.4, 0.5) is 5.82 Å². The highest BCUT2D eigenvalue weighted by molar-refractivity contribution is 5.39. The highest BCUT2D eigenvalue weighted by Gasteiger charge is 2.24. The Morgan fingerprint density at radius 2 is 2.27 bits per heavy atom. The van der Waals surface area contributed by atoms with Crippen LogP contribution >= 0.6 is 0 Å². The summed E-state index contributed by atoms with van der Waals surface area (Å²) in [7, 11) is 0. The molecular formula is C11H17N3O. The third kappa shape index (κ3) is 2.26. The van der Waals surface area contributed by atoms with Gasteiger partial charge in [-0.15, -0.1) is 0 Å². The largest absolute Gasteiger partial charge is 0.393 e. The maximum atomic E-state index is 9.64. The number of aliphatic hydroxyl groups is 1. The Morgan fingerprint density at radius 1 is 1.47 bits per heavy atom. The summed E-state index contributed by atoms with van der Waals surface area (Å²) in [6, 6.07) is 1.99. The topological polar surface area (TPSA) is 49.2 Å². The number of rotatable bonds is 1. The molecule has 1 saturated heterocycles. The van der Waals surface area contributed by atoms with E-state index in [-0.39, 0.29) is 6.10 Å². The molecule has 82 valence electrons. The van der Waals surface area contributed by atoms with Crippen LogP contribution in [0.5, 0.6) is 0 Å². The number of aromatic nitrogens is 2. The third-order valence-corrected chi connectivity index (χ3v) is 2.97. The van der Waals surface area contributed by atoms with Gasteiger partial charge in [-0.1, -0.05) is 6.92 Å². The first-order valence-electron chi connectivity index (χ1n) is 5.38. The highest BCUT2D eigenvalue weighted by Crippen LogP contribution is 2.21. The zero-order chi connectivity index (χ0) is 10.8. The second kappa shape index (κ2) is 4.14. The van der Waals surface area contributed by atoms with Gasteiger partial charge in [0.2, 0.25) is 0 Å². The molecule has 0 aliphatic carbocycles. The minimum absolute atomic E-state index is 0.163. The predicted molar refractivity (Wildman–Crippen MR) is 58.8 cm³/mol. The van der Waals surface area contributed by atoms with Crippen molar-refractivity contribution in [1.82, 2.24) is 9.97 Å². The van der Waals surface area contributed by atoms with Gasteiger partial charge < -0.3 is 10.0 Å². The van der Waals surface area contributed by atoms with E-state index in [1.165, 1.54) is 0 Å². The van der Waals surface area contributed by atoms with E-state index >= 15 is 0 Å². The summed E-state index contributed by atoms with van der Waals surface area (Å²) in [6.07, 6.45) is 2.26. The lowest BCUT2D eigenvalue weighted by molar-refractivity contribution is 0.0969. The Labute approximate surface area is 90.0 Å². The molecule has 4 nitrogen and oxygen atoms in total. The van der Waals surface area contributed by atoms with Crippen molar-refractivity contribution in [3.05, 3.63) is 18.1 Å². The lowest BCUT2D eigenvalue weighted by atomic mass is 9.97. The van der Waals surface area contributed by atoms with Crippen molar-refractivity contribution in [1.29, 1.82) is 0 Å². The predicted octanol–water partition coefficient (Wildman–Crippen LogP) is 0.992. The van der Waals surface area contributed by atoms with Gasteiger partial charge in [0.25, 0.3) is 0 Å². The minimum Gasteiger partial charge on any atom is -0.393 e. The van der Waals surface area contributed by atoms with E-state index < -0.39 is 0 Å². The second-order valence-corrected chi connectivity index (χ2v) is 4.30. The summed E-state index contributed by atoms with van der Waals surface area (Å²) >= 11 is 0. The van der Waals surface area contributed by atoms with Crippen molar-refractivity contribution in [2.24, 2.45) is 5.92 Å². The Kier molecular flexibility index (Phi) is 2.86. The van der Waals surface area contributed by atoms with Gasteiger partial charge in [0, 0.05) is 24.8 Å². The van der Waals surface area contributed by atoms with Crippen molar-refractivity contribution in [2.45, 2.75) is 26.4 Å². The van der Waals surface area contributed by atoms with Crippen molar-refractivity contribution in [3.8, 4) is 0 Å². The normalized spacial score (nSPS) is 26.7. The van der Waals surface area contributed by atoms with E-state index in [0.29, 0.717) is 5.92 Å². The van der Waals surface area contributed by atoms with Crippen LogP contribution in [0.1, 0.15) is 19.0 Å². The number of anilines is 1. The molecule has 1 aliphatic heterocycles. The standard InChI is InChI=1S/C11H17N3O/c1-8-6-14(4-3-10(8)15)11-5-9(2)12-7-13-11/h5,7-8,10,15H,3-4,6H2,1-2H3. The molecule has 1 fully saturated rings. The molecule has 0 aromatic carbocycles. The molecule has 2 unspecified atom stereocenters. The highest BCUT2D eigenvalue weighted by atomic mass is 16.3. The van der Waals surface area contributed by atoms with Crippen LogP contribution in [0.2, 0.25) is 0 Å². The van der Waals surface area contributed by atoms with E-state index in [4.69, 9.17) is 0 Å². The van der Waals surface area contributed by atoms with Gasteiger partial charge in [-0.25, -0.2) is 9.97 Å². The van der Waals surface area contributed by atoms with Crippen molar-refractivity contribution in [3.63, 3.8) is 0 Å². The molecule has 0 spiro atoms. The fraction of sp³-hybridized carbons (Fsp3) is 0.636. The number of hydrogen-bond donors (Lipinski definition) is 1. The molecule has 2 atom stereocenters. The number of nitrogens with zero attached hydrogens (tertiary/aromatic N) is 3. The van der Waals surface area contributed by atoms with E-state index in [1.807, 2.05) is 13.0 Å². The Bertz CT molecular complexity index is 342. The summed E-state index contributed by atoms with van der Waals surface area (Å²) in [4.78, 5) is 10.6. The van der Waals surface area contributed by atoms with Crippen LogP contribution in [0.15, 0.2) is 12.4 Å². The van der Waals surface area contributed by atoms with Crippen molar-refractivity contribution >= 4 is 5.82 Å². The maximum Gasteiger partial charge on any atom is 0.132 e. The van der Waals surface area contributed by atoms with Gasteiger partial charge in [-0.2, -0.15) is 0 Å². The number of aliphatic hydroxyl groups excluding tert-OH is 1. The number of piperidine rings is 1. The third-order valence-electron chi connectivity index (χ3n) is 2.97. The zero-order valence-electron chi connectivity index (χ0n) is 9.22. The van der Waals surface area contributed by atoms with Crippen LogP contribution in [-0.2, 0) is 0 Å². The lowest BCUT2D eigenvalue weighted by Crippen LogP contribution is -2.42. The SMILES string of the molecule is Cc1cc(N2CCC(O)C(C)C2)ncn1. The Morgan fingerprint density at radius 3 is 2.93 bits per heavy atom. The lowest BCUT2D eigenvalue weighted by Gasteiger charge is -2.35. The van der Waals surface area contributed by atoms with Crippen LogP contribution in [-0.4, -0.2) is 34.3 Å². The molecule has 2 heterocycles. The molecule has 2 rings (SSSR count). The van der Waals surface area contributed by atoms with Crippen LogP contribution < -0.4 is 4.90 Å². The number of hydrogen-bond acceptors (Lipinski definition) is 4. The maximum absolute atomic E-state index is 9.64. The number of aryl methyl sites for hydroxylation is 1. The molecule has 0 bridgehead atoms. The molecule has 0 amide bonds. The van der Waals surface area contributed by atoms with Crippen LogP contribution in [0, 0.1) is 12.8 Å². The van der Waals surface area contributed by atoms with Crippen molar-refractivity contribution in [2.75, 3.05) is 18.0 Å². The zero-order valence-corrected chi connectivity index (χ0v) is 9.22. The smallest absolute Gasteiger partial charge is 0.132 e. The van der Waals surface area contributed by atoms with Crippen LogP contribution in [0.3, 0.4) is 0 Å².